The number of nitrogens with zero attached hydrogens (tertiary/aromatic N) is 5. The Morgan fingerprint density at radius 3 is 2.34 bits per heavy atom. The molecule has 0 radical (unpaired) electrons. The average molecular weight is 759 g/mol. The van der Waals surface area contributed by atoms with E-state index >= 15 is 0 Å². The van der Waals surface area contributed by atoms with Gasteiger partial charge in [-0.1, -0.05) is 30.3 Å². The number of aromatic amines is 1. The Morgan fingerprint density at radius 1 is 1.08 bits per heavy atom. The highest BCUT2D eigenvalue weighted by Gasteiger charge is 2.41. The lowest BCUT2D eigenvalue weighted by atomic mass is 9.89. The third-order valence-electron chi connectivity index (χ3n) is 8.63. The number of aromatic nitrogens is 3. The Hall–Kier alpha value is -5.32. The van der Waals surface area contributed by atoms with Gasteiger partial charge in [0.25, 0.3) is 0 Å². The van der Waals surface area contributed by atoms with Gasteiger partial charge in [0.15, 0.2) is 0 Å². The van der Waals surface area contributed by atoms with Crippen molar-refractivity contribution < 1.29 is 50.4 Å². The molecule has 0 fully saturated rings. The quantitative estimate of drug-likeness (QED) is 0.115. The van der Waals surface area contributed by atoms with E-state index in [0.29, 0.717) is 36.2 Å². The minimum atomic E-state index is -4.64. The summed E-state index contributed by atoms with van der Waals surface area (Å²) in [6.45, 7) is 2.37. The third-order valence-corrected chi connectivity index (χ3v) is 9.48. The fraction of sp³-hybridized carbons (Fsp3) is 0.314. The van der Waals surface area contributed by atoms with Gasteiger partial charge in [0.1, 0.15) is 29.2 Å². The first-order valence-electron chi connectivity index (χ1n) is 16.0. The van der Waals surface area contributed by atoms with Crippen LogP contribution in [-0.2, 0) is 32.4 Å². The van der Waals surface area contributed by atoms with Crippen LogP contribution in [0.1, 0.15) is 41.6 Å². The first-order valence-corrected chi connectivity index (χ1v) is 17.4. The number of hydrogen-bond donors (Lipinski definition) is 3. The number of aliphatic hydroxyl groups excluding tert-OH is 2. The second-order valence-electron chi connectivity index (χ2n) is 12.3. The first kappa shape index (κ1) is 40.5. The van der Waals surface area contributed by atoms with E-state index in [1.165, 1.54) is 58.9 Å². The number of carbonyl (C=O) groups excluding carboxylic acids is 1. The number of hydrogen-bond acceptors (Lipinski definition) is 11. The number of benzene rings is 3. The standard InChI is InChI=1S/C29H31F3N6O5.C6H6O3S/c1-18-24(26(41)43-3)25(23-9-8-19(16-33)14-20(23)17-38(2,11-13-40)10-5-12-39)37-27(34-35-28(37)42)36(18)22-7-4-6-21(15-22)29(30,31)32;7-10(8,9)6-4-2-1-3-5-6/h4,6-9,14-15,25,39-40H,5,10-13,17H2,1-3H3;1-5H,(H,7,8,9)/t25-,38?;/m1./s1. The number of methoxy groups -OCH3 is 1. The monoisotopic (exact) mass is 758 g/mol. The summed E-state index contributed by atoms with van der Waals surface area (Å²) in [5, 5.41) is 35.4. The number of quaternary nitrogens is 1. The number of anilines is 2. The highest BCUT2D eigenvalue weighted by molar-refractivity contribution is 7.85. The fourth-order valence-electron chi connectivity index (χ4n) is 6.12. The lowest BCUT2D eigenvalue weighted by molar-refractivity contribution is -0.923. The number of rotatable bonds is 11. The van der Waals surface area contributed by atoms with Gasteiger partial charge in [0.2, 0.25) is 5.95 Å². The molecular formula is C35H37F3N6O8S. The second-order valence-corrected chi connectivity index (χ2v) is 13.7. The zero-order chi connectivity index (χ0) is 39.1. The predicted molar refractivity (Wildman–Crippen MR) is 183 cm³/mol. The van der Waals surface area contributed by atoms with Crippen LogP contribution in [0, 0.1) is 11.3 Å². The molecule has 14 nitrogen and oxygen atoms in total. The molecule has 53 heavy (non-hydrogen) atoms. The van der Waals surface area contributed by atoms with E-state index in [-0.39, 0.29) is 52.0 Å². The number of allylic oxidation sites excluding steroid dienone is 1. The molecule has 2 atom stereocenters. The molecule has 4 aromatic rings. The molecule has 3 N–H and O–H groups in total. The zero-order valence-electron chi connectivity index (χ0n) is 28.9. The number of likely N-dealkylation sites (N-methyl/N-ethyl adjacent to an activating group) is 1. The Kier molecular flexibility index (Phi) is 12.6. The molecule has 282 valence electrons. The molecule has 0 bridgehead atoms. The predicted octanol–water partition coefficient (Wildman–Crippen LogP) is 3.56. The molecule has 0 amide bonds. The van der Waals surface area contributed by atoms with Crippen molar-refractivity contribution in [1.82, 2.24) is 14.8 Å². The van der Waals surface area contributed by atoms with E-state index in [0.717, 1.165) is 19.2 Å². The number of fused-ring (bicyclic) bond motifs is 1. The van der Waals surface area contributed by atoms with Crippen LogP contribution in [0.4, 0.5) is 24.8 Å². The minimum Gasteiger partial charge on any atom is -0.744 e. The van der Waals surface area contributed by atoms with E-state index in [2.05, 4.69) is 16.3 Å². The number of H-pyrrole nitrogens is 1. The largest absolute Gasteiger partial charge is 0.744 e. The molecule has 5 rings (SSSR count). The smallest absolute Gasteiger partial charge is 0.416 e. The number of nitriles is 1. The summed E-state index contributed by atoms with van der Waals surface area (Å²) >= 11 is 0. The minimum absolute atomic E-state index is 0.0173. The number of esters is 1. The van der Waals surface area contributed by atoms with Gasteiger partial charge in [-0.25, -0.2) is 27.7 Å². The lowest BCUT2D eigenvalue weighted by Crippen LogP contribution is -2.47. The Balaban J connectivity index is 0.000000541. The van der Waals surface area contributed by atoms with Crippen LogP contribution < -0.4 is 10.6 Å². The highest BCUT2D eigenvalue weighted by atomic mass is 32.2. The number of alkyl halides is 3. The van der Waals surface area contributed by atoms with Gasteiger partial charge in [-0.3, -0.25) is 4.90 Å². The van der Waals surface area contributed by atoms with Crippen LogP contribution in [0.15, 0.2) is 93.8 Å². The van der Waals surface area contributed by atoms with Crippen LogP contribution in [0.25, 0.3) is 0 Å². The summed E-state index contributed by atoms with van der Waals surface area (Å²) in [6, 6.07) is 17.4. The molecule has 0 spiro atoms. The van der Waals surface area contributed by atoms with E-state index in [1.807, 2.05) is 7.05 Å². The number of nitrogens with one attached hydrogen (secondary N) is 1. The van der Waals surface area contributed by atoms with E-state index in [1.54, 1.807) is 18.2 Å². The summed E-state index contributed by atoms with van der Waals surface area (Å²) in [7, 11) is -1.22. The summed E-state index contributed by atoms with van der Waals surface area (Å²) in [4.78, 5) is 27.8. The number of halogens is 3. The molecule has 1 aliphatic heterocycles. The first-order chi connectivity index (χ1) is 25.0. The molecule has 1 aromatic heterocycles. The van der Waals surface area contributed by atoms with Crippen LogP contribution in [-0.4, -0.2) is 88.9 Å². The summed E-state index contributed by atoms with van der Waals surface area (Å²) < 4.78 is 78.2. The van der Waals surface area contributed by atoms with Gasteiger partial charge < -0.3 is 24.0 Å². The maximum Gasteiger partial charge on any atom is 0.416 e. The van der Waals surface area contributed by atoms with E-state index in [4.69, 9.17) is 4.74 Å². The summed E-state index contributed by atoms with van der Waals surface area (Å²) in [5.41, 5.74) is -0.116. The molecule has 0 saturated heterocycles. The number of ether oxygens (including phenoxy) is 1. The van der Waals surface area contributed by atoms with Crippen LogP contribution in [0.3, 0.4) is 0 Å². The van der Waals surface area contributed by atoms with Crippen molar-refractivity contribution in [2.24, 2.45) is 0 Å². The zero-order valence-corrected chi connectivity index (χ0v) is 29.7. The Bertz CT molecular complexity index is 2180. The maximum absolute atomic E-state index is 13.6. The molecule has 1 aliphatic rings. The third kappa shape index (κ3) is 9.19. The molecule has 3 aromatic carbocycles. The normalized spacial score (nSPS) is 15.5. The van der Waals surface area contributed by atoms with E-state index in [9.17, 15) is 51.2 Å². The SMILES string of the molecule is COC(=O)C1=C(C)N(c2cccc(C(F)(F)F)c2)c2n[nH]c(=O)n2[C@@H]1c1ccc(C#N)cc1C[N+](C)(CCO)CCCO.O=S(=O)([O-])c1ccccc1. The van der Waals surface area contributed by atoms with Crippen LogP contribution in [0.5, 0.6) is 0 Å². The highest BCUT2D eigenvalue weighted by Crippen LogP contribution is 2.44. The fourth-order valence-corrected chi connectivity index (χ4v) is 6.61. The Labute approximate surface area is 302 Å². The van der Waals surface area contributed by atoms with Gasteiger partial charge in [0.05, 0.1) is 55.0 Å². The lowest BCUT2D eigenvalue weighted by Gasteiger charge is -2.38. The molecule has 0 aliphatic carbocycles. The van der Waals surface area contributed by atoms with Gasteiger partial charge in [-0.05, 0) is 55.0 Å². The van der Waals surface area contributed by atoms with Gasteiger partial charge >= 0.3 is 17.8 Å². The second kappa shape index (κ2) is 16.6. The molecule has 0 saturated carbocycles. The number of aliphatic hydroxyl groups is 2. The summed E-state index contributed by atoms with van der Waals surface area (Å²) in [5.74, 6) is -0.871. The van der Waals surface area contributed by atoms with Gasteiger partial charge in [-0.2, -0.15) is 18.4 Å². The topological polar surface area (TPSA) is 202 Å². The average Bonchev–Trinajstić information content (AvgIpc) is 3.50. The van der Waals surface area contributed by atoms with Crippen LogP contribution in [0.2, 0.25) is 0 Å². The van der Waals surface area contributed by atoms with Crippen molar-refractivity contribution in [2.75, 3.05) is 45.4 Å². The van der Waals surface area contributed by atoms with Crippen molar-refractivity contribution in [3.63, 3.8) is 0 Å². The van der Waals surface area contributed by atoms with Crippen molar-refractivity contribution in [1.29, 1.82) is 5.26 Å². The van der Waals surface area contributed by atoms with Crippen molar-refractivity contribution in [2.45, 2.75) is 37.0 Å². The molecule has 1 unspecified atom stereocenters. The summed E-state index contributed by atoms with van der Waals surface area (Å²) in [6.07, 6.45) is -4.20. The van der Waals surface area contributed by atoms with E-state index < -0.39 is 39.6 Å². The maximum atomic E-state index is 13.6. The van der Waals surface area contributed by atoms with Crippen molar-refractivity contribution in [3.8, 4) is 6.07 Å². The van der Waals surface area contributed by atoms with Gasteiger partial charge in [0, 0.05) is 30.0 Å². The van der Waals surface area contributed by atoms with Gasteiger partial charge in [-0.15, -0.1) is 5.10 Å². The molecular weight excluding hydrogens is 721 g/mol. The Morgan fingerprint density at radius 2 is 1.77 bits per heavy atom. The number of carbonyl (C=O) groups is 1. The van der Waals surface area contributed by atoms with Crippen molar-refractivity contribution in [3.05, 3.63) is 117 Å². The molecule has 18 heteroatoms. The van der Waals surface area contributed by atoms with Crippen LogP contribution >= 0.6 is 0 Å². The molecule has 2 heterocycles. The van der Waals surface area contributed by atoms with Crippen molar-refractivity contribution >= 4 is 27.7 Å².